The Balaban J connectivity index is 1.57. The first-order valence-electron chi connectivity index (χ1n) is 10.4. The van der Waals surface area contributed by atoms with Gasteiger partial charge in [-0.05, 0) is 38.1 Å². The number of piperazine rings is 1. The molecule has 1 aromatic heterocycles. The molecule has 1 unspecified atom stereocenters. The Morgan fingerprint density at radius 1 is 1.03 bits per heavy atom. The van der Waals surface area contributed by atoms with Crippen LogP contribution in [0.15, 0.2) is 30.3 Å². The number of nitrogens with one attached hydrogen (secondary N) is 1. The van der Waals surface area contributed by atoms with Crippen molar-refractivity contribution in [2.45, 2.75) is 45.8 Å². The van der Waals surface area contributed by atoms with Gasteiger partial charge in [0.2, 0.25) is 5.91 Å². The Labute approximate surface area is 180 Å². The molecule has 1 aromatic carbocycles. The van der Waals surface area contributed by atoms with Gasteiger partial charge < -0.3 is 10.2 Å². The minimum absolute atomic E-state index is 0.242. The molecule has 2 aromatic rings. The monoisotopic (exact) mass is 435 g/mol. The average molecular weight is 435 g/mol. The van der Waals surface area contributed by atoms with Crippen LogP contribution in [-0.4, -0.2) is 53.0 Å². The van der Waals surface area contributed by atoms with Crippen LogP contribution in [0.3, 0.4) is 0 Å². The molecule has 1 aliphatic heterocycles. The zero-order valence-corrected chi connectivity index (χ0v) is 18.2. The molecule has 0 bridgehead atoms. The third kappa shape index (κ3) is 5.72. The van der Waals surface area contributed by atoms with Gasteiger partial charge in [0.25, 0.3) is 0 Å². The molecule has 0 spiro atoms. The maximum Gasteiger partial charge on any atom is 0.416 e. The minimum Gasteiger partial charge on any atom is -0.354 e. The van der Waals surface area contributed by atoms with E-state index in [-0.39, 0.29) is 11.8 Å². The van der Waals surface area contributed by atoms with E-state index in [1.807, 2.05) is 13.0 Å². The van der Waals surface area contributed by atoms with Gasteiger partial charge in [0.15, 0.2) is 0 Å². The van der Waals surface area contributed by atoms with Crippen molar-refractivity contribution in [3.63, 3.8) is 0 Å². The number of anilines is 2. The molecule has 31 heavy (non-hydrogen) atoms. The predicted molar refractivity (Wildman–Crippen MR) is 114 cm³/mol. The summed E-state index contributed by atoms with van der Waals surface area (Å²) in [6, 6.07) is 6.05. The number of aromatic nitrogens is 2. The lowest BCUT2D eigenvalue weighted by atomic mass is 10.1. The van der Waals surface area contributed by atoms with Crippen LogP contribution in [0, 0.1) is 6.92 Å². The predicted octanol–water partition coefficient (Wildman–Crippen LogP) is 4.08. The first-order chi connectivity index (χ1) is 14.5. The van der Waals surface area contributed by atoms with Crippen molar-refractivity contribution in [2.24, 2.45) is 0 Å². The average Bonchev–Trinajstić information content (AvgIpc) is 2.72. The van der Waals surface area contributed by atoms with E-state index in [1.165, 1.54) is 12.1 Å². The summed E-state index contributed by atoms with van der Waals surface area (Å²) < 4.78 is 38.1. The largest absolute Gasteiger partial charge is 0.416 e. The fraction of sp³-hybridized carbons (Fsp3) is 0.500. The van der Waals surface area contributed by atoms with Gasteiger partial charge in [0, 0.05) is 49.5 Å². The topological polar surface area (TPSA) is 61.4 Å². The van der Waals surface area contributed by atoms with E-state index in [2.05, 4.69) is 38.9 Å². The molecule has 1 atom stereocenters. The van der Waals surface area contributed by atoms with Gasteiger partial charge >= 0.3 is 6.18 Å². The summed E-state index contributed by atoms with van der Waals surface area (Å²) in [5, 5.41) is 2.71. The highest BCUT2D eigenvalue weighted by Gasteiger charge is 2.30. The normalized spacial score (nSPS) is 16.5. The third-order valence-corrected chi connectivity index (χ3v) is 5.42. The van der Waals surface area contributed by atoms with Crippen molar-refractivity contribution in [2.75, 3.05) is 36.4 Å². The number of rotatable bonds is 5. The fourth-order valence-electron chi connectivity index (χ4n) is 3.49. The van der Waals surface area contributed by atoms with E-state index in [9.17, 15) is 18.0 Å². The summed E-state index contributed by atoms with van der Waals surface area (Å²) in [5.74, 6) is 1.72. The Morgan fingerprint density at radius 2 is 1.65 bits per heavy atom. The summed E-state index contributed by atoms with van der Waals surface area (Å²) in [4.78, 5) is 26.0. The molecular formula is C22H28F3N5O. The van der Waals surface area contributed by atoms with E-state index in [1.54, 1.807) is 6.92 Å². The Kier molecular flexibility index (Phi) is 6.83. The highest BCUT2D eigenvalue weighted by atomic mass is 19.4. The van der Waals surface area contributed by atoms with Crippen LogP contribution in [0.1, 0.15) is 43.8 Å². The lowest BCUT2D eigenvalue weighted by Crippen LogP contribution is -2.53. The summed E-state index contributed by atoms with van der Waals surface area (Å²) in [5.41, 5.74) is 0.539. The highest BCUT2D eigenvalue weighted by Crippen LogP contribution is 2.30. The van der Waals surface area contributed by atoms with Crippen molar-refractivity contribution in [3.8, 4) is 0 Å². The van der Waals surface area contributed by atoms with Crippen LogP contribution in [0.2, 0.25) is 0 Å². The van der Waals surface area contributed by atoms with E-state index >= 15 is 0 Å². The van der Waals surface area contributed by atoms with Gasteiger partial charge in [-0.1, -0.05) is 13.8 Å². The van der Waals surface area contributed by atoms with Gasteiger partial charge in [-0.2, -0.15) is 13.2 Å². The lowest BCUT2D eigenvalue weighted by molar-refractivity contribution is -0.137. The van der Waals surface area contributed by atoms with Crippen molar-refractivity contribution >= 4 is 17.4 Å². The zero-order chi connectivity index (χ0) is 22.8. The number of halogens is 3. The Bertz CT molecular complexity index is 906. The molecule has 1 fully saturated rings. The van der Waals surface area contributed by atoms with Crippen molar-refractivity contribution < 1.29 is 18.0 Å². The summed E-state index contributed by atoms with van der Waals surface area (Å²) in [6.45, 7) is 10.7. The second-order valence-electron chi connectivity index (χ2n) is 8.14. The van der Waals surface area contributed by atoms with E-state index in [4.69, 9.17) is 0 Å². The van der Waals surface area contributed by atoms with Crippen molar-refractivity contribution in [1.82, 2.24) is 14.9 Å². The Morgan fingerprint density at radius 3 is 2.19 bits per heavy atom. The van der Waals surface area contributed by atoms with Gasteiger partial charge in [0.05, 0.1) is 11.6 Å². The molecule has 1 saturated heterocycles. The van der Waals surface area contributed by atoms with Gasteiger partial charge in [-0.15, -0.1) is 0 Å². The second-order valence-corrected chi connectivity index (χ2v) is 8.14. The van der Waals surface area contributed by atoms with Crippen molar-refractivity contribution in [1.29, 1.82) is 0 Å². The molecule has 3 rings (SSSR count). The van der Waals surface area contributed by atoms with Gasteiger partial charge in [-0.25, -0.2) is 9.97 Å². The molecule has 1 aliphatic rings. The summed E-state index contributed by atoms with van der Waals surface area (Å²) in [6.07, 6.45) is -4.40. The smallest absolute Gasteiger partial charge is 0.354 e. The number of benzene rings is 1. The lowest BCUT2D eigenvalue weighted by Gasteiger charge is -2.38. The third-order valence-electron chi connectivity index (χ3n) is 5.42. The number of hydrogen-bond acceptors (Lipinski definition) is 5. The number of hydrogen-bond donors (Lipinski definition) is 1. The molecule has 168 valence electrons. The highest BCUT2D eigenvalue weighted by molar-refractivity contribution is 5.94. The molecule has 1 amide bonds. The first-order valence-corrected chi connectivity index (χ1v) is 10.4. The number of aryl methyl sites for hydroxylation is 1. The fourth-order valence-corrected chi connectivity index (χ4v) is 3.49. The molecule has 6 nitrogen and oxygen atoms in total. The van der Waals surface area contributed by atoms with Crippen LogP contribution in [0.5, 0.6) is 0 Å². The zero-order valence-electron chi connectivity index (χ0n) is 18.2. The minimum atomic E-state index is -4.40. The molecular weight excluding hydrogens is 407 g/mol. The van der Waals surface area contributed by atoms with Gasteiger partial charge in [-0.3, -0.25) is 9.69 Å². The SMILES string of the molecule is Cc1cc(N2CCN(C(C)C(=O)Nc3ccc(C(F)(F)F)cc3)CC2)nc(C(C)C)n1. The number of nitrogens with zero attached hydrogens (tertiary/aromatic N) is 4. The van der Waals surface area contributed by atoms with E-state index in [0.717, 1.165) is 42.6 Å². The molecule has 1 N–H and O–H groups in total. The first kappa shape index (κ1) is 23.0. The molecule has 0 aliphatic carbocycles. The second kappa shape index (κ2) is 9.21. The quantitative estimate of drug-likeness (QED) is 0.767. The molecule has 9 heteroatoms. The molecule has 2 heterocycles. The van der Waals surface area contributed by atoms with Crippen LogP contribution >= 0.6 is 0 Å². The van der Waals surface area contributed by atoms with Crippen LogP contribution in [0.25, 0.3) is 0 Å². The van der Waals surface area contributed by atoms with E-state index < -0.39 is 17.8 Å². The van der Waals surface area contributed by atoms with Crippen LogP contribution < -0.4 is 10.2 Å². The maximum atomic E-state index is 12.7. The number of carbonyl (C=O) groups excluding carboxylic acids is 1. The number of alkyl halides is 3. The summed E-state index contributed by atoms with van der Waals surface area (Å²) in [7, 11) is 0. The van der Waals surface area contributed by atoms with Gasteiger partial charge in [0.1, 0.15) is 11.6 Å². The Hall–Kier alpha value is -2.68. The number of carbonyl (C=O) groups is 1. The van der Waals surface area contributed by atoms with E-state index in [0.29, 0.717) is 18.8 Å². The molecule has 0 radical (unpaired) electrons. The van der Waals surface area contributed by atoms with Crippen LogP contribution in [-0.2, 0) is 11.0 Å². The molecule has 0 saturated carbocycles. The maximum absolute atomic E-state index is 12.7. The summed E-state index contributed by atoms with van der Waals surface area (Å²) >= 11 is 0. The van der Waals surface area contributed by atoms with Crippen LogP contribution in [0.4, 0.5) is 24.7 Å². The van der Waals surface area contributed by atoms with Crippen molar-refractivity contribution in [3.05, 3.63) is 47.4 Å². The standard InChI is InChI=1S/C22H28F3N5O/c1-14(2)20-26-15(3)13-19(28-20)30-11-9-29(10-12-30)16(4)21(31)27-18-7-5-17(6-8-18)22(23,24)25/h5-8,13-14,16H,9-12H2,1-4H3,(H,27,31). The number of amides is 1.